The fourth-order valence-electron chi connectivity index (χ4n) is 2.77. The van der Waals surface area contributed by atoms with E-state index >= 15 is 0 Å². The molecule has 2 unspecified atom stereocenters. The van der Waals surface area contributed by atoms with Crippen LogP contribution in [0.1, 0.15) is 18.9 Å². The lowest BCUT2D eigenvalue weighted by Crippen LogP contribution is -2.24. The van der Waals surface area contributed by atoms with Crippen molar-refractivity contribution in [1.82, 2.24) is 0 Å². The molecule has 0 aliphatic carbocycles. The van der Waals surface area contributed by atoms with Crippen LogP contribution in [0.15, 0.2) is 22.7 Å². The van der Waals surface area contributed by atoms with Crippen molar-refractivity contribution in [2.24, 2.45) is 11.7 Å². The molecule has 1 aliphatic heterocycles. The van der Waals surface area contributed by atoms with Gasteiger partial charge in [-0.2, -0.15) is 0 Å². The molecule has 2 atom stereocenters. The van der Waals surface area contributed by atoms with E-state index < -0.39 is 0 Å². The van der Waals surface area contributed by atoms with Crippen LogP contribution in [0.2, 0.25) is 0 Å². The van der Waals surface area contributed by atoms with Crippen LogP contribution in [0.4, 0.5) is 5.69 Å². The van der Waals surface area contributed by atoms with Crippen molar-refractivity contribution < 1.29 is 4.74 Å². The summed E-state index contributed by atoms with van der Waals surface area (Å²) in [5.74, 6) is 0.645. The summed E-state index contributed by atoms with van der Waals surface area (Å²) >= 11 is 3.57. The monoisotopic (exact) mass is 326 g/mol. The second kappa shape index (κ2) is 6.73. The Hall–Kier alpha value is -0.580. The quantitative estimate of drug-likeness (QED) is 0.904. The van der Waals surface area contributed by atoms with E-state index in [2.05, 4.69) is 46.0 Å². The number of nitrogens with two attached hydrogens (primary N) is 1. The Morgan fingerprint density at radius 3 is 3.00 bits per heavy atom. The van der Waals surface area contributed by atoms with Gasteiger partial charge in [0.15, 0.2) is 0 Å². The number of rotatable bonds is 5. The van der Waals surface area contributed by atoms with Crippen LogP contribution < -0.4 is 10.6 Å². The Balaban J connectivity index is 2.16. The molecule has 0 spiro atoms. The van der Waals surface area contributed by atoms with Gasteiger partial charge in [-0.1, -0.05) is 22.0 Å². The van der Waals surface area contributed by atoms with E-state index in [1.807, 2.05) is 0 Å². The zero-order chi connectivity index (χ0) is 13.8. The first kappa shape index (κ1) is 14.8. The molecule has 1 aromatic carbocycles. The van der Waals surface area contributed by atoms with E-state index in [9.17, 15) is 0 Å². The van der Waals surface area contributed by atoms with Crippen LogP contribution in [0, 0.1) is 5.92 Å². The fourth-order valence-corrected chi connectivity index (χ4v) is 3.12. The number of hydrogen-bond donors (Lipinski definition) is 1. The van der Waals surface area contributed by atoms with E-state index in [0.717, 1.165) is 30.6 Å². The molecule has 0 amide bonds. The summed E-state index contributed by atoms with van der Waals surface area (Å²) < 4.78 is 6.40. The molecule has 0 saturated carbocycles. The summed E-state index contributed by atoms with van der Waals surface area (Å²) in [7, 11) is 1.78. The standard InChI is InChI=1S/C15H23BrN2O/c1-11(17)7-13-3-4-14(16)8-15(13)18-6-5-12(9-18)10-19-2/h3-4,8,11-12H,5-7,9-10,17H2,1-2H3. The number of anilines is 1. The second-order valence-corrected chi connectivity index (χ2v) is 6.43. The van der Waals surface area contributed by atoms with Gasteiger partial charge in [-0.05, 0) is 37.5 Å². The Morgan fingerprint density at radius 2 is 2.32 bits per heavy atom. The molecule has 0 aromatic heterocycles. The van der Waals surface area contributed by atoms with Gasteiger partial charge in [-0.3, -0.25) is 0 Å². The maximum Gasteiger partial charge on any atom is 0.0508 e. The molecule has 1 fully saturated rings. The van der Waals surface area contributed by atoms with Crippen LogP contribution in [0.25, 0.3) is 0 Å². The molecule has 2 rings (SSSR count). The molecule has 1 heterocycles. The van der Waals surface area contributed by atoms with Crippen molar-refractivity contribution in [3.8, 4) is 0 Å². The maximum atomic E-state index is 5.95. The minimum Gasteiger partial charge on any atom is -0.384 e. The lowest BCUT2D eigenvalue weighted by molar-refractivity contribution is 0.161. The molecule has 0 radical (unpaired) electrons. The molecule has 1 aromatic rings. The lowest BCUT2D eigenvalue weighted by atomic mass is 10.0. The molecule has 1 saturated heterocycles. The molecule has 1 aliphatic rings. The predicted molar refractivity (Wildman–Crippen MR) is 83.7 cm³/mol. The van der Waals surface area contributed by atoms with Crippen molar-refractivity contribution in [2.45, 2.75) is 25.8 Å². The van der Waals surface area contributed by atoms with Crippen LogP contribution in [0.3, 0.4) is 0 Å². The molecular weight excluding hydrogens is 304 g/mol. The van der Waals surface area contributed by atoms with Crippen molar-refractivity contribution in [3.05, 3.63) is 28.2 Å². The summed E-state index contributed by atoms with van der Waals surface area (Å²) in [6.07, 6.45) is 2.13. The van der Waals surface area contributed by atoms with Crippen molar-refractivity contribution in [2.75, 3.05) is 31.7 Å². The fraction of sp³-hybridized carbons (Fsp3) is 0.600. The Bertz CT molecular complexity index is 423. The van der Waals surface area contributed by atoms with E-state index in [-0.39, 0.29) is 6.04 Å². The van der Waals surface area contributed by atoms with Crippen LogP contribution in [0.5, 0.6) is 0 Å². The molecule has 0 bridgehead atoms. The minimum atomic E-state index is 0.192. The van der Waals surface area contributed by atoms with Gasteiger partial charge in [-0.25, -0.2) is 0 Å². The normalized spacial score (nSPS) is 20.8. The first-order valence-corrected chi connectivity index (χ1v) is 7.67. The number of nitrogens with zero attached hydrogens (tertiary/aromatic N) is 1. The smallest absolute Gasteiger partial charge is 0.0508 e. The SMILES string of the molecule is COCC1CCN(c2cc(Br)ccc2CC(C)N)C1. The second-order valence-electron chi connectivity index (χ2n) is 5.51. The zero-order valence-electron chi connectivity index (χ0n) is 11.7. The molecule has 19 heavy (non-hydrogen) atoms. The topological polar surface area (TPSA) is 38.5 Å². The van der Waals surface area contributed by atoms with E-state index in [4.69, 9.17) is 10.5 Å². The minimum absolute atomic E-state index is 0.192. The predicted octanol–water partition coefficient (Wildman–Crippen LogP) is 2.81. The largest absolute Gasteiger partial charge is 0.384 e. The molecular formula is C15H23BrN2O. The number of benzene rings is 1. The Morgan fingerprint density at radius 1 is 1.53 bits per heavy atom. The number of ether oxygens (including phenoxy) is 1. The zero-order valence-corrected chi connectivity index (χ0v) is 13.3. The van der Waals surface area contributed by atoms with E-state index in [1.54, 1.807) is 7.11 Å². The van der Waals surface area contributed by atoms with Crippen molar-refractivity contribution in [3.63, 3.8) is 0 Å². The number of hydrogen-bond acceptors (Lipinski definition) is 3. The average Bonchev–Trinajstić information content (AvgIpc) is 2.80. The van der Waals surface area contributed by atoms with Gasteiger partial charge in [0.2, 0.25) is 0 Å². The van der Waals surface area contributed by atoms with Gasteiger partial charge in [0.05, 0.1) is 6.61 Å². The third-order valence-corrected chi connectivity index (χ3v) is 4.11. The van der Waals surface area contributed by atoms with Gasteiger partial charge >= 0.3 is 0 Å². The Kier molecular flexibility index (Phi) is 5.25. The molecule has 106 valence electrons. The highest BCUT2D eigenvalue weighted by Gasteiger charge is 2.24. The average molecular weight is 327 g/mol. The van der Waals surface area contributed by atoms with E-state index in [1.165, 1.54) is 17.7 Å². The Labute approximate surface area is 124 Å². The van der Waals surface area contributed by atoms with Gasteiger partial charge in [0.1, 0.15) is 0 Å². The summed E-state index contributed by atoms with van der Waals surface area (Å²) in [5.41, 5.74) is 8.62. The third kappa shape index (κ3) is 3.94. The number of halogens is 1. The van der Waals surface area contributed by atoms with Gasteiger partial charge in [0.25, 0.3) is 0 Å². The highest BCUT2D eigenvalue weighted by Crippen LogP contribution is 2.30. The van der Waals surface area contributed by atoms with Gasteiger partial charge < -0.3 is 15.4 Å². The first-order chi connectivity index (χ1) is 9.10. The van der Waals surface area contributed by atoms with Gasteiger partial charge in [0, 0.05) is 42.3 Å². The van der Waals surface area contributed by atoms with Crippen LogP contribution in [-0.2, 0) is 11.2 Å². The number of methoxy groups -OCH3 is 1. The lowest BCUT2D eigenvalue weighted by Gasteiger charge is -2.23. The maximum absolute atomic E-state index is 5.95. The summed E-state index contributed by atoms with van der Waals surface area (Å²) in [4.78, 5) is 2.46. The van der Waals surface area contributed by atoms with Crippen LogP contribution >= 0.6 is 15.9 Å². The molecule has 3 nitrogen and oxygen atoms in total. The first-order valence-electron chi connectivity index (χ1n) is 6.88. The van der Waals surface area contributed by atoms with Crippen molar-refractivity contribution >= 4 is 21.6 Å². The van der Waals surface area contributed by atoms with Gasteiger partial charge in [-0.15, -0.1) is 0 Å². The summed E-state index contributed by atoms with van der Waals surface area (Å²) in [6, 6.07) is 6.70. The summed E-state index contributed by atoms with van der Waals surface area (Å²) in [5, 5.41) is 0. The molecule has 2 N–H and O–H groups in total. The molecule has 4 heteroatoms. The highest BCUT2D eigenvalue weighted by atomic mass is 79.9. The van der Waals surface area contributed by atoms with E-state index in [0.29, 0.717) is 5.92 Å². The third-order valence-electron chi connectivity index (χ3n) is 3.62. The van der Waals surface area contributed by atoms with Crippen molar-refractivity contribution in [1.29, 1.82) is 0 Å². The summed E-state index contributed by atoms with van der Waals surface area (Å²) in [6.45, 7) is 5.10. The highest BCUT2D eigenvalue weighted by molar-refractivity contribution is 9.10. The van der Waals surface area contributed by atoms with Crippen LogP contribution in [-0.4, -0.2) is 32.8 Å².